The van der Waals surface area contributed by atoms with Crippen molar-refractivity contribution in [2.24, 2.45) is 5.92 Å². The maximum atomic E-state index is 12.3. The van der Waals surface area contributed by atoms with E-state index in [1.165, 1.54) is 7.11 Å². The molecule has 0 amide bonds. The number of allylic oxidation sites excluding steroid dienone is 1. The van der Waals surface area contributed by atoms with Crippen LogP contribution in [-0.2, 0) is 9.53 Å². The van der Waals surface area contributed by atoms with Gasteiger partial charge in [0, 0.05) is 11.5 Å². The molecule has 0 saturated heterocycles. The van der Waals surface area contributed by atoms with E-state index in [4.69, 9.17) is 14.2 Å². The lowest BCUT2D eigenvalue weighted by Crippen LogP contribution is -2.29. The first-order valence-electron chi connectivity index (χ1n) is 8.32. The molecule has 0 spiro atoms. The van der Waals surface area contributed by atoms with Gasteiger partial charge in [-0.1, -0.05) is 25.5 Å². The van der Waals surface area contributed by atoms with Gasteiger partial charge in [-0.15, -0.1) is 0 Å². The Bertz CT molecular complexity index is 691. The number of hydrogen-bond acceptors (Lipinski definition) is 5. The predicted octanol–water partition coefficient (Wildman–Crippen LogP) is 3.62. The summed E-state index contributed by atoms with van der Waals surface area (Å²) in [6, 6.07) is 3.48. The highest BCUT2D eigenvalue weighted by molar-refractivity contribution is 5.96. The molecule has 3 rings (SSSR count). The Morgan fingerprint density at radius 2 is 2.08 bits per heavy atom. The number of fused-ring (bicyclic) bond motifs is 3. The fourth-order valence-electron chi connectivity index (χ4n) is 3.43. The van der Waals surface area contributed by atoms with Crippen LogP contribution in [0.25, 0.3) is 0 Å². The first kappa shape index (κ1) is 16.6. The Hall–Kier alpha value is -2.30. The van der Waals surface area contributed by atoms with Gasteiger partial charge in [0.1, 0.15) is 17.1 Å². The van der Waals surface area contributed by atoms with Crippen molar-refractivity contribution < 1.29 is 23.8 Å². The Labute approximate surface area is 141 Å². The van der Waals surface area contributed by atoms with Crippen LogP contribution in [-0.4, -0.2) is 25.7 Å². The maximum Gasteiger partial charge on any atom is 0.341 e. The largest absolute Gasteiger partial charge is 0.494 e. The van der Waals surface area contributed by atoms with Gasteiger partial charge < -0.3 is 14.2 Å². The molecule has 24 heavy (non-hydrogen) atoms. The number of esters is 2. The first-order chi connectivity index (χ1) is 11.5. The molecule has 1 aliphatic carbocycles. The van der Waals surface area contributed by atoms with E-state index in [-0.39, 0.29) is 23.4 Å². The quantitative estimate of drug-likeness (QED) is 0.357. The summed E-state index contributed by atoms with van der Waals surface area (Å²) in [5.41, 5.74) is 2.12. The maximum absolute atomic E-state index is 12.3. The first-order valence-corrected chi connectivity index (χ1v) is 8.32. The monoisotopic (exact) mass is 330 g/mol. The van der Waals surface area contributed by atoms with Gasteiger partial charge in [0.25, 0.3) is 0 Å². The molecule has 0 N–H and O–H groups in total. The normalized spacial score (nSPS) is 21.8. The summed E-state index contributed by atoms with van der Waals surface area (Å²) < 4.78 is 16.1. The van der Waals surface area contributed by atoms with Crippen molar-refractivity contribution in [3.05, 3.63) is 35.4 Å². The highest BCUT2D eigenvalue weighted by Crippen LogP contribution is 2.51. The Morgan fingerprint density at radius 1 is 1.33 bits per heavy atom. The minimum absolute atomic E-state index is 0.00752. The van der Waals surface area contributed by atoms with Gasteiger partial charge in [0.15, 0.2) is 0 Å². The van der Waals surface area contributed by atoms with Crippen LogP contribution in [0.4, 0.5) is 0 Å². The molecule has 128 valence electrons. The highest BCUT2D eigenvalue weighted by Gasteiger charge is 2.44. The molecule has 0 aromatic heterocycles. The van der Waals surface area contributed by atoms with Gasteiger partial charge in [0.2, 0.25) is 0 Å². The molecule has 0 unspecified atom stereocenters. The zero-order valence-electron chi connectivity index (χ0n) is 14.1. The van der Waals surface area contributed by atoms with Gasteiger partial charge >= 0.3 is 11.9 Å². The molecule has 1 saturated carbocycles. The van der Waals surface area contributed by atoms with Crippen molar-refractivity contribution in [3.63, 3.8) is 0 Å². The summed E-state index contributed by atoms with van der Waals surface area (Å²) >= 11 is 0. The third-order valence-corrected chi connectivity index (χ3v) is 4.67. The van der Waals surface area contributed by atoms with Crippen LogP contribution < -0.4 is 9.47 Å². The molecule has 1 aliphatic heterocycles. The smallest absolute Gasteiger partial charge is 0.341 e. The van der Waals surface area contributed by atoms with E-state index in [1.807, 2.05) is 6.07 Å². The number of rotatable bonds is 5. The van der Waals surface area contributed by atoms with Gasteiger partial charge in [-0.05, 0) is 31.4 Å². The number of benzene rings is 1. The Morgan fingerprint density at radius 3 is 2.79 bits per heavy atom. The van der Waals surface area contributed by atoms with Crippen LogP contribution in [0.3, 0.4) is 0 Å². The summed E-state index contributed by atoms with van der Waals surface area (Å²) in [7, 11) is 1.31. The van der Waals surface area contributed by atoms with Crippen LogP contribution in [0.15, 0.2) is 24.3 Å². The van der Waals surface area contributed by atoms with E-state index in [1.54, 1.807) is 6.07 Å². The van der Waals surface area contributed by atoms with Gasteiger partial charge in [-0.2, -0.15) is 0 Å². The van der Waals surface area contributed by atoms with E-state index in [0.29, 0.717) is 24.5 Å². The van der Waals surface area contributed by atoms with Crippen LogP contribution in [0.5, 0.6) is 11.5 Å². The molecule has 5 heteroatoms. The van der Waals surface area contributed by atoms with Gasteiger partial charge in [0.05, 0.1) is 19.6 Å². The zero-order chi connectivity index (χ0) is 17.3. The van der Waals surface area contributed by atoms with Crippen molar-refractivity contribution in [3.8, 4) is 11.5 Å². The van der Waals surface area contributed by atoms with Gasteiger partial charge in [-0.25, -0.2) is 4.79 Å². The minimum atomic E-state index is -0.532. The predicted molar refractivity (Wildman–Crippen MR) is 88.4 cm³/mol. The van der Waals surface area contributed by atoms with E-state index < -0.39 is 5.97 Å². The second-order valence-corrected chi connectivity index (χ2v) is 6.38. The lowest BCUT2D eigenvalue weighted by atomic mass is 9.85. The Kier molecular flexibility index (Phi) is 4.60. The van der Waals surface area contributed by atoms with Crippen molar-refractivity contribution >= 4 is 11.9 Å². The number of methoxy groups -OCH3 is 1. The van der Waals surface area contributed by atoms with E-state index in [2.05, 4.69) is 13.5 Å². The van der Waals surface area contributed by atoms with E-state index in [9.17, 15) is 9.59 Å². The van der Waals surface area contributed by atoms with Crippen molar-refractivity contribution in [2.75, 3.05) is 13.7 Å². The number of hydrogen-bond donors (Lipinski definition) is 0. The fourth-order valence-corrected chi connectivity index (χ4v) is 3.43. The molecule has 0 bridgehead atoms. The number of ether oxygens (including phenoxy) is 3. The van der Waals surface area contributed by atoms with Crippen LogP contribution in [0.1, 0.15) is 54.4 Å². The average molecular weight is 330 g/mol. The lowest BCUT2D eigenvalue weighted by molar-refractivity contribution is -0.140. The fraction of sp³-hybridized carbons (Fsp3) is 0.474. The average Bonchev–Trinajstić information content (AvgIpc) is 2.97. The molecule has 0 radical (unpaired) electrons. The molecule has 2 aliphatic rings. The topological polar surface area (TPSA) is 61.8 Å². The lowest BCUT2D eigenvalue weighted by Gasteiger charge is -2.28. The van der Waals surface area contributed by atoms with Crippen LogP contribution in [0, 0.1) is 5.92 Å². The Balaban J connectivity index is 2.04. The third kappa shape index (κ3) is 2.90. The summed E-state index contributed by atoms with van der Waals surface area (Å²) in [6.07, 6.45) is 3.32. The van der Waals surface area contributed by atoms with Crippen LogP contribution in [0.2, 0.25) is 0 Å². The van der Waals surface area contributed by atoms with Crippen LogP contribution >= 0.6 is 0 Å². The molecular formula is C19H22O5. The van der Waals surface area contributed by atoms with Crippen molar-refractivity contribution in [1.82, 2.24) is 0 Å². The molecule has 1 heterocycles. The standard InChI is InChI=1S/C19H22O5/c1-4-5-6-23-12-9-14-13-7-11(2)8-15(13)19(21)24-17(14)16(10-12)18(20)22-3/h9-10,13,15H,2,4-8H2,1,3H3/t13-,15-/m1/s1. The SMILES string of the molecule is C=C1C[C@@H]2c3cc(OCCCC)cc(C(=O)OC)c3OC(=O)[C@@H]2C1. The highest BCUT2D eigenvalue weighted by atomic mass is 16.5. The van der Waals surface area contributed by atoms with E-state index in [0.717, 1.165) is 30.4 Å². The molecule has 1 fully saturated rings. The van der Waals surface area contributed by atoms with Crippen molar-refractivity contribution in [2.45, 2.75) is 38.5 Å². The van der Waals surface area contributed by atoms with E-state index >= 15 is 0 Å². The molecule has 1 aromatic carbocycles. The molecule has 5 nitrogen and oxygen atoms in total. The van der Waals surface area contributed by atoms with Gasteiger partial charge in [-0.3, -0.25) is 4.79 Å². The molecule has 1 aromatic rings. The summed E-state index contributed by atoms with van der Waals surface area (Å²) in [5.74, 6) is -0.137. The summed E-state index contributed by atoms with van der Waals surface area (Å²) in [4.78, 5) is 24.4. The third-order valence-electron chi connectivity index (χ3n) is 4.67. The molecule has 2 atom stereocenters. The number of unbranched alkanes of at least 4 members (excludes halogenated alkanes) is 1. The second kappa shape index (κ2) is 6.67. The number of carbonyl (C=O) groups is 2. The molecular weight excluding hydrogens is 308 g/mol. The summed E-state index contributed by atoms with van der Waals surface area (Å²) in [6.45, 7) is 6.68. The minimum Gasteiger partial charge on any atom is -0.494 e. The summed E-state index contributed by atoms with van der Waals surface area (Å²) in [5, 5.41) is 0. The number of carbonyl (C=O) groups excluding carboxylic acids is 2. The second-order valence-electron chi connectivity index (χ2n) is 6.38. The van der Waals surface area contributed by atoms with Crippen molar-refractivity contribution in [1.29, 1.82) is 0 Å². The zero-order valence-corrected chi connectivity index (χ0v) is 14.1.